The third-order valence-electron chi connectivity index (χ3n) is 2.56. The van der Waals surface area contributed by atoms with Gasteiger partial charge in [-0.1, -0.05) is 12.1 Å². The summed E-state index contributed by atoms with van der Waals surface area (Å²) in [5, 5.41) is 8.51. The lowest BCUT2D eigenvalue weighted by atomic mass is 10.1. The lowest BCUT2D eigenvalue weighted by Gasteiger charge is -2.11. The van der Waals surface area contributed by atoms with Crippen molar-refractivity contribution in [2.45, 2.75) is 18.8 Å². The number of nitrogens with one attached hydrogen (secondary N) is 2. The van der Waals surface area contributed by atoms with Crippen LogP contribution in [0.25, 0.3) is 0 Å². The summed E-state index contributed by atoms with van der Waals surface area (Å²) in [7, 11) is -4.01. The van der Waals surface area contributed by atoms with Crippen molar-refractivity contribution in [2.75, 3.05) is 6.54 Å². The molecule has 7 nitrogen and oxygen atoms in total. The number of halogens is 3. The molecule has 0 heterocycles. The highest BCUT2D eigenvalue weighted by Crippen LogP contribution is 2.28. The highest BCUT2D eigenvalue weighted by Gasteiger charge is 2.29. The maximum absolute atomic E-state index is 12.4. The van der Waals surface area contributed by atoms with Gasteiger partial charge in [0.05, 0.1) is 5.56 Å². The fraction of sp³-hybridized carbons (Fsp3) is 0.364. The molecular formula is C11H14F3N3O4S. The van der Waals surface area contributed by atoms with Gasteiger partial charge in [-0.15, -0.1) is 0 Å². The van der Waals surface area contributed by atoms with Crippen molar-refractivity contribution in [1.82, 2.24) is 9.44 Å². The van der Waals surface area contributed by atoms with Crippen molar-refractivity contribution in [2.24, 2.45) is 5.73 Å². The van der Waals surface area contributed by atoms with Crippen LogP contribution in [0.3, 0.4) is 0 Å². The predicted octanol–water partition coefficient (Wildman–Crippen LogP) is 0.0413. The van der Waals surface area contributed by atoms with Crippen LogP contribution in [0.2, 0.25) is 0 Å². The third-order valence-corrected chi connectivity index (χ3v) is 3.63. The number of rotatable bonds is 7. The van der Waals surface area contributed by atoms with Crippen molar-refractivity contribution >= 4 is 16.2 Å². The van der Waals surface area contributed by atoms with E-state index in [2.05, 4.69) is 4.72 Å². The summed E-state index contributed by atoms with van der Waals surface area (Å²) in [6.07, 6.45) is -4.47. The van der Waals surface area contributed by atoms with Crippen molar-refractivity contribution < 1.29 is 31.5 Å². The topological polar surface area (TPSA) is 122 Å². The lowest BCUT2D eigenvalue weighted by Crippen LogP contribution is -2.45. The minimum atomic E-state index is -4.47. The summed E-state index contributed by atoms with van der Waals surface area (Å²) in [5.41, 5.74) is 4.59. The van der Waals surface area contributed by atoms with Crippen LogP contribution in [-0.4, -0.2) is 32.1 Å². The highest BCUT2D eigenvalue weighted by atomic mass is 32.2. The van der Waals surface area contributed by atoms with E-state index in [9.17, 15) is 26.4 Å². The Hall–Kier alpha value is -1.69. The molecule has 1 atom stereocenters. The summed E-state index contributed by atoms with van der Waals surface area (Å²) in [5.74, 6) is -1.37. The van der Waals surface area contributed by atoms with E-state index >= 15 is 0 Å². The van der Waals surface area contributed by atoms with E-state index in [1.807, 2.05) is 4.72 Å². The van der Waals surface area contributed by atoms with Gasteiger partial charge in [-0.25, -0.2) is 4.72 Å². The Kier molecular flexibility index (Phi) is 5.88. The summed E-state index contributed by atoms with van der Waals surface area (Å²) < 4.78 is 64.1. The molecule has 11 heteroatoms. The standard InChI is InChI=1S/C11H14F3N3O4S/c12-11(13,14)8-3-1-7(2-4-8)5-16-22(20,21)17-6-9(15)10(18)19/h1-4,9,16-17H,5-6,15H2,(H,18,19)/t9-/m0/s1. The number of carboxylic acids is 1. The van der Waals surface area contributed by atoms with Crippen molar-refractivity contribution in [3.05, 3.63) is 35.4 Å². The molecule has 5 N–H and O–H groups in total. The Morgan fingerprint density at radius 1 is 1.23 bits per heavy atom. The van der Waals surface area contributed by atoms with Crippen LogP contribution in [0.5, 0.6) is 0 Å². The molecule has 22 heavy (non-hydrogen) atoms. The van der Waals surface area contributed by atoms with Crippen LogP contribution in [0, 0.1) is 0 Å². The quantitative estimate of drug-likeness (QED) is 0.558. The number of carboxylic acid groups (broad SMARTS) is 1. The zero-order chi connectivity index (χ0) is 17.0. The molecule has 124 valence electrons. The summed E-state index contributed by atoms with van der Waals surface area (Å²) in [6.45, 7) is -0.770. The average molecular weight is 341 g/mol. The molecule has 0 amide bonds. The molecule has 0 spiro atoms. The average Bonchev–Trinajstić information content (AvgIpc) is 2.42. The summed E-state index contributed by atoms with van der Waals surface area (Å²) >= 11 is 0. The fourth-order valence-electron chi connectivity index (χ4n) is 1.33. The molecule has 1 rings (SSSR count). The van der Waals surface area contributed by atoms with Gasteiger partial charge in [-0.2, -0.15) is 26.3 Å². The van der Waals surface area contributed by atoms with E-state index in [0.29, 0.717) is 5.56 Å². The number of aliphatic carboxylic acids is 1. The van der Waals surface area contributed by atoms with E-state index in [1.165, 1.54) is 0 Å². The molecular weight excluding hydrogens is 327 g/mol. The molecule has 0 aliphatic carbocycles. The first kappa shape index (κ1) is 18.4. The van der Waals surface area contributed by atoms with E-state index in [4.69, 9.17) is 10.8 Å². The summed E-state index contributed by atoms with van der Waals surface area (Å²) in [4.78, 5) is 10.4. The first-order valence-corrected chi connectivity index (χ1v) is 7.38. The van der Waals surface area contributed by atoms with Crippen LogP contribution >= 0.6 is 0 Å². The maximum atomic E-state index is 12.4. The van der Waals surface area contributed by atoms with Crippen LogP contribution in [0.1, 0.15) is 11.1 Å². The molecule has 0 radical (unpaired) electrons. The number of benzene rings is 1. The van der Waals surface area contributed by atoms with Gasteiger partial charge in [0.1, 0.15) is 6.04 Å². The SMILES string of the molecule is N[C@@H](CNS(=O)(=O)NCc1ccc(C(F)(F)F)cc1)C(=O)O. The highest BCUT2D eigenvalue weighted by molar-refractivity contribution is 7.87. The van der Waals surface area contributed by atoms with E-state index in [-0.39, 0.29) is 6.54 Å². The van der Waals surface area contributed by atoms with Gasteiger partial charge < -0.3 is 10.8 Å². The molecule has 0 bridgehead atoms. The molecule has 1 aromatic rings. The van der Waals surface area contributed by atoms with Crippen LogP contribution in [-0.2, 0) is 27.7 Å². The van der Waals surface area contributed by atoms with Gasteiger partial charge in [0.25, 0.3) is 10.2 Å². The minimum Gasteiger partial charge on any atom is -0.480 e. The second-order valence-corrected chi connectivity index (χ2v) is 5.90. The minimum absolute atomic E-state index is 0.254. The van der Waals surface area contributed by atoms with Gasteiger partial charge in [0, 0.05) is 13.1 Å². The molecule has 0 aromatic heterocycles. The first-order valence-electron chi connectivity index (χ1n) is 5.90. The molecule has 0 saturated heterocycles. The monoisotopic (exact) mass is 341 g/mol. The lowest BCUT2D eigenvalue weighted by molar-refractivity contribution is -0.138. The van der Waals surface area contributed by atoms with Gasteiger partial charge >= 0.3 is 12.1 Å². The van der Waals surface area contributed by atoms with Gasteiger partial charge in [0.2, 0.25) is 0 Å². The fourth-order valence-corrected chi connectivity index (χ4v) is 2.19. The van der Waals surface area contributed by atoms with E-state index in [1.54, 1.807) is 0 Å². The number of nitrogens with two attached hydrogens (primary N) is 1. The largest absolute Gasteiger partial charge is 0.480 e. The van der Waals surface area contributed by atoms with Crippen molar-refractivity contribution in [3.8, 4) is 0 Å². The summed E-state index contributed by atoms with van der Waals surface area (Å²) in [6, 6.07) is 2.53. The molecule has 1 aromatic carbocycles. The van der Waals surface area contributed by atoms with Crippen LogP contribution in [0.4, 0.5) is 13.2 Å². The molecule has 0 unspecified atom stereocenters. The number of alkyl halides is 3. The zero-order valence-corrected chi connectivity index (χ0v) is 11.9. The zero-order valence-electron chi connectivity index (χ0n) is 11.1. The van der Waals surface area contributed by atoms with E-state index in [0.717, 1.165) is 24.3 Å². The Morgan fingerprint density at radius 2 is 1.77 bits per heavy atom. The predicted molar refractivity (Wildman–Crippen MR) is 70.8 cm³/mol. The second-order valence-electron chi connectivity index (χ2n) is 4.31. The maximum Gasteiger partial charge on any atom is 0.416 e. The van der Waals surface area contributed by atoms with Gasteiger partial charge in [-0.05, 0) is 17.7 Å². The Bertz CT molecular complexity index is 616. The van der Waals surface area contributed by atoms with Crippen molar-refractivity contribution in [3.63, 3.8) is 0 Å². The molecule has 0 fully saturated rings. The normalized spacial score (nSPS) is 13.8. The molecule has 0 aliphatic heterocycles. The van der Waals surface area contributed by atoms with Crippen molar-refractivity contribution in [1.29, 1.82) is 0 Å². The molecule has 0 saturated carbocycles. The molecule has 0 aliphatic rings. The smallest absolute Gasteiger partial charge is 0.416 e. The van der Waals surface area contributed by atoms with Gasteiger partial charge in [0.15, 0.2) is 0 Å². The third kappa shape index (κ3) is 5.97. The number of carbonyl (C=O) groups is 1. The number of hydrogen-bond acceptors (Lipinski definition) is 4. The Morgan fingerprint density at radius 3 is 2.23 bits per heavy atom. The van der Waals surface area contributed by atoms with Crippen LogP contribution in [0.15, 0.2) is 24.3 Å². The second kappa shape index (κ2) is 7.05. The Labute approximate surface area is 124 Å². The Balaban J connectivity index is 2.56. The first-order chi connectivity index (χ1) is 10.0. The number of hydrogen-bond donors (Lipinski definition) is 4. The van der Waals surface area contributed by atoms with Gasteiger partial charge in [-0.3, -0.25) is 4.79 Å². The van der Waals surface area contributed by atoms with E-state index < -0.39 is 40.5 Å². The van der Waals surface area contributed by atoms with Crippen LogP contribution < -0.4 is 15.2 Å².